The second-order valence-electron chi connectivity index (χ2n) is 7.06. The molecule has 1 saturated heterocycles. The number of ether oxygens (including phenoxy) is 1. The maximum absolute atomic E-state index is 11.1. The van der Waals surface area contributed by atoms with Gasteiger partial charge in [0.15, 0.2) is 0 Å². The molecule has 0 atom stereocenters. The second kappa shape index (κ2) is 6.73. The highest BCUT2D eigenvalue weighted by Crippen LogP contribution is 2.30. The standard InChI is InChI=1S/C20H25N3O2/c1-2-3-8-18-22-17-13-21-16-7-5-4-6-15(16)19(17)23(18)14-20(24)9-11-25-12-10-20/h4-7,13,24H,2-3,8-12,14H2,1H3. The topological polar surface area (TPSA) is 60.2 Å². The second-order valence-corrected chi connectivity index (χ2v) is 7.06. The third-order valence-corrected chi connectivity index (χ3v) is 5.19. The van der Waals surface area contributed by atoms with E-state index in [1.165, 1.54) is 0 Å². The van der Waals surface area contributed by atoms with E-state index in [4.69, 9.17) is 9.72 Å². The van der Waals surface area contributed by atoms with Gasteiger partial charge in [-0.05, 0) is 12.5 Å². The number of aryl methyl sites for hydroxylation is 1. The monoisotopic (exact) mass is 339 g/mol. The van der Waals surface area contributed by atoms with Gasteiger partial charge < -0.3 is 14.4 Å². The predicted molar refractivity (Wildman–Crippen MR) is 98.6 cm³/mol. The Morgan fingerprint density at radius 2 is 2.00 bits per heavy atom. The average molecular weight is 339 g/mol. The summed E-state index contributed by atoms with van der Waals surface area (Å²) in [7, 11) is 0. The Hall–Kier alpha value is -1.98. The van der Waals surface area contributed by atoms with Crippen LogP contribution in [-0.2, 0) is 17.7 Å². The quantitative estimate of drug-likeness (QED) is 0.773. The molecule has 25 heavy (non-hydrogen) atoms. The molecule has 5 nitrogen and oxygen atoms in total. The van der Waals surface area contributed by atoms with Gasteiger partial charge in [-0.25, -0.2) is 4.98 Å². The third-order valence-electron chi connectivity index (χ3n) is 5.19. The van der Waals surface area contributed by atoms with Crippen LogP contribution in [0, 0.1) is 0 Å². The first kappa shape index (κ1) is 16.5. The molecule has 1 fully saturated rings. The Morgan fingerprint density at radius 1 is 1.20 bits per heavy atom. The van der Waals surface area contributed by atoms with Gasteiger partial charge in [-0.3, -0.25) is 4.98 Å². The number of benzene rings is 1. The van der Waals surface area contributed by atoms with Crippen LogP contribution in [0.15, 0.2) is 30.5 Å². The molecular weight excluding hydrogens is 314 g/mol. The number of para-hydroxylation sites is 1. The van der Waals surface area contributed by atoms with Crippen molar-refractivity contribution in [1.29, 1.82) is 0 Å². The van der Waals surface area contributed by atoms with Crippen molar-refractivity contribution >= 4 is 21.9 Å². The fraction of sp³-hybridized carbons (Fsp3) is 0.500. The number of unbranched alkanes of at least 4 members (excludes halogenated alkanes) is 1. The summed E-state index contributed by atoms with van der Waals surface area (Å²) in [5.74, 6) is 1.05. The van der Waals surface area contributed by atoms with E-state index >= 15 is 0 Å². The van der Waals surface area contributed by atoms with Gasteiger partial charge in [0.2, 0.25) is 0 Å². The van der Waals surface area contributed by atoms with Crippen LogP contribution < -0.4 is 0 Å². The summed E-state index contributed by atoms with van der Waals surface area (Å²) in [6.45, 7) is 4.00. The highest BCUT2D eigenvalue weighted by Gasteiger charge is 2.32. The van der Waals surface area contributed by atoms with Gasteiger partial charge in [-0.1, -0.05) is 31.5 Å². The molecule has 0 radical (unpaired) electrons. The Kier molecular flexibility index (Phi) is 4.44. The molecule has 0 spiro atoms. The molecule has 0 saturated carbocycles. The van der Waals surface area contributed by atoms with Gasteiger partial charge in [0.1, 0.15) is 11.3 Å². The highest BCUT2D eigenvalue weighted by atomic mass is 16.5. The van der Waals surface area contributed by atoms with Crippen LogP contribution in [0.5, 0.6) is 0 Å². The fourth-order valence-corrected chi connectivity index (χ4v) is 3.71. The molecule has 5 heteroatoms. The first-order valence-corrected chi connectivity index (χ1v) is 9.23. The molecule has 0 aliphatic carbocycles. The minimum atomic E-state index is -0.725. The summed E-state index contributed by atoms with van der Waals surface area (Å²) >= 11 is 0. The van der Waals surface area contributed by atoms with E-state index < -0.39 is 5.60 Å². The van der Waals surface area contributed by atoms with E-state index in [1.807, 2.05) is 24.4 Å². The van der Waals surface area contributed by atoms with Crippen molar-refractivity contribution in [3.63, 3.8) is 0 Å². The lowest BCUT2D eigenvalue weighted by Gasteiger charge is -2.33. The first-order chi connectivity index (χ1) is 12.2. The maximum Gasteiger partial charge on any atom is 0.110 e. The van der Waals surface area contributed by atoms with E-state index in [0.717, 1.165) is 47.0 Å². The zero-order valence-electron chi connectivity index (χ0n) is 14.7. The van der Waals surface area contributed by atoms with Crippen LogP contribution in [0.4, 0.5) is 0 Å². The molecule has 2 aromatic heterocycles. The summed E-state index contributed by atoms with van der Waals surface area (Å²) in [4.78, 5) is 9.40. The number of imidazole rings is 1. The van der Waals surface area contributed by atoms with Crippen LogP contribution in [0.2, 0.25) is 0 Å². The maximum atomic E-state index is 11.1. The zero-order chi connectivity index (χ0) is 17.3. The van der Waals surface area contributed by atoms with Crippen LogP contribution in [0.25, 0.3) is 21.9 Å². The van der Waals surface area contributed by atoms with Gasteiger partial charge >= 0.3 is 0 Å². The molecule has 132 valence electrons. The summed E-state index contributed by atoms with van der Waals surface area (Å²) in [6.07, 6.45) is 6.34. The van der Waals surface area contributed by atoms with Crippen LogP contribution in [-0.4, -0.2) is 38.5 Å². The van der Waals surface area contributed by atoms with Crippen LogP contribution in [0.1, 0.15) is 38.4 Å². The number of fused-ring (bicyclic) bond motifs is 3. The number of hydrogen-bond acceptors (Lipinski definition) is 4. The Labute approximate surface area is 147 Å². The van der Waals surface area contributed by atoms with Crippen molar-refractivity contribution in [1.82, 2.24) is 14.5 Å². The van der Waals surface area contributed by atoms with Crippen molar-refractivity contribution in [2.75, 3.05) is 13.2 Å². The number of pyridine rings is 1. The smallest absolute Gasteiger partial charge is 0.110 e. The number of rotatable bonds is 5. The number of hydrogen-bond donors (Lipinski definition) is 1. The molecule has 1 aliphatic rings. The van der Waals surface area contributed by atoms with Crippen molar-refractivity contribution in [2.24, 2.45) is 0 Å². The van der Waals surface area contributed by atoms with Crippen molar-refractivity contribution < 1.29 is 9.84 Å². The molecule has 1 aromatic carbocycles. The minimum absolute atomic E-state index is 0.569. The molecule has 3 heterocycles. The number of aliphatic hydroxyl groups is 1. The molecule has 1 N–H and O–H groups in total. The van der Waals surface area contributed by atoms with E-state index in [1.54, 1.807) is 0 Å². The summed E-state index contributed by atoms with van der Waals surface area (Å²) in [5, 5.41) is 12.2. The van der Waals surface area contributed by atoms with Gasteiger partial charge in [0.25, 0.3) is 0 Å². The van der Waals surface area contributed by atoms with Crippen molar-refractivity contribution in [3.8, 4) is 0 Å². The lowest BCUT2D eigenvalue weighted by Crippen LogP contribution is -2.40. The molecular formula is C20H25N3O2. The molecule has 0 bridgehead atoms. The largest absolute Gasteiger partial charge is 0.388 e. The van der Waals surface area contributed by atoms with Crippen molar-refractivity contribution in [3.05, 3.63) is 36.3 Å². The van der Waals surface area contributed by atoms with Crippen LogP contribution in [0.3, 0.4) is 0 Å². The molecule has 0 amide bonds. The highest BCUT2D eigenvalue weighted by molar-refractivity contribution is 6.02. The average Bonchev–Trinajstić information content (AvgIpc) is 2.98. The summed E-state index contributed by atoms with van der Waals surface area (Å²) in [5.41, 5.74) is 2.26. The normalized spacial score (nSPS) is 17.4. The van der Waals surface area contributed by atoms with Crippen LogP contribution >= 0.6 is 0 Å². The van der Waals surface area contributed by atoms with Gasteiger partial charge in [0.05, 0.1) is 29.4 Å². The molecule has 1 aliphatic heterocycles. The first-order valence-electron chi connectivity index (χ1n) is 9.23. The van der Waals surface area contributed by atoms with E-state index in [0.29, 0.717) is 32.6 Å². The predicted octanol–water partition coefficient (Wildman–Crippen LogP) is 3.47. The minimum Gasteiger partial charge on any atom is -0.388 e. The Bertz CT molecular complexity index is 881. The Morgan fingerprint density at radius 3 is 2.80 bits per heavy atom. The molecule has 3 aromatic rings. The van der Waals surface area contributed by atoms with Gasteiger partial charge in [-0.2, -0.15) is 0 Å². The van der Waals surface area contributed by atoms with E-state index in [9.17, 15) is 5.11 Å². The number of nitrogens with zero attached hydrogens (tertiary/aromatic N) is 3. The molecule has 4 rings (SSSR count). The lowest BCUT2D eigenvalue weighted by molar-refractivity contribution is -0.0725. The zero-order valence-corrected chi connectivity index (χ0v) is 14.7. The summed E-state index contributed by atoms with van der Waals surface area (Å²) in [6, 6.07) is 8.17. The lowest BCUT2D eigenvalue weighted by atomic mass is 9.94. The third kappa shape index (κ3) is 3.14. The van der Waals surface area contributed by atoms with E-state index in [2.05, 4.69) is 22.5 Å². The Balaban J connectivity index is 1.86. The molecule has 0 unspecified atom stereocenters. The summed E-state index contributed by atoms with van der Waals surface area (Å²) < 4.78 is 7.68. The SMILES string of the molecule is CCCCc1nc2cnc3ccccc3c2n1CC1(O)CCOCC1. The van der Waals surface area contributed by atoms with Gasteiger partial charge in [-0.15, -0.1) is 0 Å². The fourth-order valence-electron chi connectivity index (χ4n) is 3.71. The van der Waals surface area contributed by atoms with E-state index in [-0.39, 0.29) is 0 Å². The van der Waals surface area contributed by atoms with Crippen molar-refractivity contribution in [2.45, 2.75) is 51.2 Å². The number of aromatic nitrogens is 3. The van der Waals surface area contributed by atoms with Gasteiger partial charge in [0, 0.05) is 37.9 Å².